The minimum absolute atomic E-state index is 0.0525. The Morgan fingerprint density at radius 3 is 2.47 bits per heavy atom. The standard InChI is InChI=1S/C13H25N3O3/c1-7(2)5-10(15-8(3)17)12-9(14-4)6-11(16-12)13(18)19/h7,9-12,14,16H,5-6H2,1-4H3,(H,15,17)(H,18,19)/t9?,10?,11-,12?/m0/s1. The lowest BCUT2D eigenvalue weighted by molar-refractivity contribution is -0.139. The topological polar surface area (TPSA) is 90.5 Å². The molecule has 0 aliphatic carbocycles. The van der Waals surface area contributed by atoms with Crippen molar-refractivity contribution in [3.8, 4) is 0 Å². The van der Waals surface area contributed by atoms with Crippen LogP contribution in [0.15, 0.2) is 0 Å². The molecule has 1 fully saturated rings. The SMILES string of the molecule is CNC1C[C@@H](C(=O)O)NC1C(CC(C)C)NC(C)=O. The molecular weight excluding hydrogens is 246 g/mol. The van der Waals surface area contributed by atoms with Crippen molar-refractivity contribution >= 4 is 11.9 Å². The number of carbonyl (C=O) groups excluding carboxylic acids is 1. The predicted octanol–water partition coefficient (Wildman–Crippen LogP) is -0.0597. The fraction of sp³-hybridized carbons (Fsp3) is 0.846. The van der Waals surface area contributed by atoms with Gasteiger partial charge in [-0.15, -0.1) is 0 Å². The van der Waals surface area contributed by atoms with E-state index in [1.807, 2.05) is 7.05 Å². The molecule has 4 atom stereocenters. The Morgan fingerprint density at radius 2 is 2.05 bits per heavy atom. The van der Waals surface area contributed by atoms with Crippen molar-refractivity contribution < 1.29 is 14.7 Å². The Bertz CT molecular complexity index is 333. The molecule has 0 aromatic rings. The Hall–Kier alpha value is -1.14. The summed E-state index contributed by atoms with van der Waals surface area (Å²) in [7, 11) is 1.82. The Labute approximate surface area is 114 Å². The molecular formula is C13H25N3O3. The van der Waals surface area contributed by atoms with Crippen molar-refractivity contribution in [1.29, 1.82) is 0 Å². The van der Waals surface area contributed by atoms with Crippen LogP contribution >= 0.6 is 0 Å². The van der Waals surface area contributed by atoms with Gasteiger partial charge in [-0.3, -0.25) is 14.9 Å². The van der Waals surface area contributed by atoms with Crippen LogP contribution in [0.5, 0.6) is 0 Å². The number of carboxylic acids is 1. The molecule has 1 amide bonds. The first-order valence-corrected chi connectivity index (χ1v) is 6.78. The number of rotatable bonds is 6. The number of carbonyl (C=O) groups is 2. The Morgan fingerprint density at radius 1 is 1.42 bits per heavy atom. The van der Waals surface area contributed by atoms with Gasteiger partial charge in [0.15, 0.2) is 0 Å². The van der Waals surface area contributed by atoms with Gasteiger partial charge in [-0.1, -0.05) is 13.8 Å². The summed E-state index contributed by atoms with van der Waals surface area (Å²) in [5.41, 5.74) is 0. The highest BCUT2D eigenvalue weighted by Gasteiger charge is 2.40. The summed E-state index contributed by atoms with van der Waals surface area (Å²) in [6.45, 7) is 5.67. The van der Waals surface area contributed by atoms with Gasteiger partial charge in [0.2, 0.25) is 5.91 Å². The summed E-state index contributed by atoms with van der Waals surface area (Å²) in [6, 6.07) is -0.612. The second kappa shape index (κ2) is 6.86. The summed E-state index contributed by atoms with van der Waals surface area (Å²) >= 11 is 0. The molecule has 0 radical (unpaired) electrons. The second-order valence-corrected chi connectivity index (χ2v) is 5.65. The van der Waals surface area contributed by atoms with E-state index in [9.17, 15) is 9.59 Å². The zero-order valence-corrected chi connectivity index (χ0v) is 12.1. The molecule has 0 bridgehead atoms. The Balaban J connectivity index is 2.80. The van der Waals surface area contributed by atoms with Gasteiger partial charge in [0, 0.05) is 25.0 Å². The first-order chi connectivity index (χ1) is 8.85. The molecule has 6 nitrogen and oxygen atoms in total. The summed E-state index contributed by atoms with van der Waals surface area (Å²) in [4.78, 5) is 22.4. The normalized spacial score (nSPS) is 28.4. The number of hydrogen-bond acceptors (Lipinski definition) is 4. The van der Waals surface area contributed by atoms with Gasteiger partial charge in [0.1, 0.15) is 6.04 Å². The van der Waals surface area contributed by atoms with E-state index in [2.05, 4.69) is 29.8 Å². The first-order valence-electron chi connectivity index (χ1n) is 6.78. The summed E-state index contributed by atoms with van der Waals surface area (Å²) in [6.07, 6.45) is 1.35. The van der Waals surface area contributed by atoms with Crippen molar-refractivity contribution in [1.82, 2.24) is 16.0 Å². The maximum atomic E-state index is 11.3. The van der Waals surface area contributed by atoms with Crippen LogP contribution in [0.1, 0.15) is 33.6 Å². The van der Waals surface area contributed by atoms with E-state index >= 15 is 0 Å². The Kier molecular flexibility index (Phi) is 5.75. The lowest BCUT2D eigenvalue weighted by atomic mass is 9.93. The smallest absolute Gasteiger partial charge is 0.320 e. The van der Waals surface area contributed by atoms with Gasteiger partial charge in [0.25, 0.3) is 0 Å². The van der Waals surface area contributed by atoms with E-state index < -0.39 is 12.0 Å². The fourth-order valence-corrected chi connectivity index (χ4v) is 2.75. The van der Waals surface area contributed by atoms with Crippen molar-refractivity contribution in [3.05, 3.63) is 0 Å². The third kappa shape index (κ3) is 4.47. The average molecular weight is 271 g/mol. The van der Waals surface area contributed by atoms with Crippen molar-refractivity contribution in [2.45, 2.75) is 57.8 Å². The highest BCUT2D eigenvalue weighted by atomic mass is 16.4. The van der Waals surface area contributed by atoms with E-state index in [1.54, 1.807) is 0 Å². The van der Waals surface area contributed by atoms with Crippen molar-refractivity contribution in [2.24, 2.45) is 5.92 Å². The van der Waals surface area contributed by atoms with E-state index in [-0.39, 0.29) is 24.0 Å². The molecule has 0 aromatic heterocycles. The number of likely N-dealkylation sites (N-methyl/N-ethyl adjacent to an activating group) is 1. The van der Waals surface area contributed by atoms with Crippen molar-refractivity contribution in [2.75, 3.05) is 7.05 Å². The van der Waals surface area contributed by atoms with Gasteiger partial charge in [0.05, 0.1) is 0 Å². The van der Waals surface area contributed by atoms with E-state index in [1.165, 1.54) is 6.92 Å². The summed E-state index contributed by atoms with van der Waals surface area (Å²) in [5, 5.41) is 18.3. The summed E-state index contributed by atoms with van der Waals surface area (Å²) in [5.74, 6) is -0.491. The van der Waals surface area contributed by atoms with Gasteiger partial charge >= 0.3 is 5.97 Å². The van der Waals surface area contributed by atoms with Gasteiger partial charge in [-0.25, -0.2) is 0 Å². The van der Waals surface area contributed by atoms with Crippen LogP contribution in [0, 0.1) is 5.92 Å². The molecule has 1 aliphatic rings. The first kappa shape index (κ1) is 15.9. The molecule has 3 unspecified atom stereocenters. The lowest BCUT2D eigenvalue weighted by Gasteiger charge is -2.30. The molecule has 1 heterocycles. The monoisotopic (exact) mass is 271 g/mol. The third-order valence-corrected chi connectivity index (χ3v) is 3.53. The number of carboxylic acid groups (broad SMARTS) is 1. The molecule has 1 aliphatic heterocycles. The van der Waals surface area contributed by atoms with Gasteiger partial charge in [-0.05, 0) is 25.8 Å². The van der Waals surface area contributed by atoms with Crippen molar-refractivity contribution in [3.63, 3.8) is 0 Å². The van der Waals surface area contributed by atoms with Gasteiger partial charge in [-0.2, -0.15) is 0 Å². The van der Waals surface area contributed by atoms with Crippen LogP contribution in [0.25, 0.3) is 0 Å². The zero-order valence-electron chi connectivity index (χ0n) is 12.1. The molecule has 4 N–H and O–H groups in total. The van der Waals surface area contributed by atoms with Crippen LogP contribution in [0.3, 0.4) is 0 Å². The predicted molar refractivity (Wildman–Crippen MR) is 72.9 cm³/mol. The largest absolute Gasteiger partial charge is 0.480 e. The molecule has 1 saturated heterocycles. The molecule has 0 saturated carbocycles. The lowest BCUT2D eigenvalue weighted by Crippen LogP contribution is -2.55. The molecule has 19 heavy (non-hydrogen) atoms. The minimum atomic E-state index is -0.839. The number of hydrogen-bond donors (Lipinski definition) is 4. The molecule has 0 aromatic carbocycles. The molecule has 0 spiro atoms. The van der Waals surface area contributed by atoms with Crippen LogP contribution in [-0.4, -0.2) is 48.2 Å². The highest BCUT2D eigenvalue weighted by molar-refractivity contribution is 5.75. The maximum absolute atomic E-state index is 11.3. The highest BCUT2D eigenvalue weighted by Crippen LogP contribution is 2.20. The van der Waals surface area contributed by atoms with E-state index in [0.717, 1.165) is 6.42 Å². The van der Waals surface area contributed by atoms with Crippen LogP contribution in [0.2, 0.25) is 0 Å². The third-order valence-electron chi connectivity index (χ3n) is 3.53. The quantitative estimate of drug-likeness (QED) is 0.543. The maximum Gasteiger partial charge on any atom is 0.320 e. The van der Waals surface area contributed by atoms with Crippen LogP contribution in [0.4, 0.5) is 0 Å². The molecule has 6 heteroatoms. The minimum Gasteiger partial charge on any atom is -0.480 e. The average Bonchev–Trinajstić information content (AvgIpc) is 2.70. The van der Waals surface area contributed by atoms with Crippen LogP contribution < -0.4 is 16.0 Å². The van der Waals surface area contributed by atoms with Gasteiger partial charge < -0.3 is 15.7 Å². The van der Waals surface area contributed by atoms with E-state index in [0.29, 0.717) is 12.3 Å². The summed E-state index contributed by atoms with van der Waals surface area (Å²) < 4.78 is 0. The number of nitrogens with one attached hydrogen (secondary N) is 3. The van der Waals surface area contributed by atoms with E-state index in [4.69, 9.17) is 5.11 Å². The molecule has 110 valence electrons. The van der Waals surface area contributed by atoms with Crippen LogP contribution in [-0.2, 0) is 9.59 Å². The fourth-order valence-electron chi connectivity index (χ4n) is 2.75. The molecule has 1 rings (SSSR count). The number of amides is 1. The second-order valence-electron chi connectivity index (χ2n) is 5.65. The number of aliphatic carboxylic acids is 1. The zero-order chi connectivity index (χ0) is 14.6.